The van der Waals surface area contributed by atoms with E-state index in [-0.39, 0.29) is 23.3 Å². The van der Waals surface area contributed by atoms with Crippen LogP contribution >= 0.6 is 0 Å². The second-order valence-electron chi connectivity index (χ2n) is 7.28. The average molecular weight is 316 g/mol. The largest absolute Gasteiger partial charge is 0.351 e. The van der Waals surface area contributed by atoms with Gasteiger partial charge in [-0.15, -0.1) is 0 Å². The van der Waals surface area contributed by atoms with Gasteiger partial charge in [0, 0.05) is 25.0 Å². The highest BCUT2D eigenvalue weighted by Gasteiger charge is 2.35. The van der Waals surface area contributed by atoms with Gasteiger partial charge >= 0.3 is 0 Å². The third-order valence-corrected chi connectivity index (χ3v) is 4.42. The summed E-state index contributed by atoms with van der Waals surface area (Å²) < 4.78 is 0. The van der Waals surface area contributed by atoms with E-state index in [1.807, 2.05) is 45.0 Å². The molecule has 1 aromatic rings. The highest BCUT2D eigenvalue weighted by molar-refractivity contribution is 5.89. The Labute approximate surface area is 139 Å². The number of nitrogens with zero attached hydrogens (tertiary/aromatic N) is 1. The highest BCUT2D eigenvalue weighted by atomic mass is 16.2. The number of nitrogens with one attached hydrogen (secondary N) is 1. The molecular formula is C19H28N2O2. The van der Waals surface area contributed by atoms with Crippen molar-refractivity contribution in [3.63, 3.8) is 0 Å². The van der Waals surface area contributed by atoms with Crippen LogP contribution in [0.25, 0.3) is 0 Å². The zero-order valence-corrected chi connectivity index (χ0v) is 14.7. The minimum absolute atomic E-state index is 0.00297. The summed E-state index contributed by atoms with van der Waals surface area (Å²) in [5.41, 5.74) is 2.10. The van der Waals surface area contributed by atoms with Crippen molar-refractivity contribution in [3.05, 3.63) is 35.4 Å². The van der Waals surface area contributed by atoms with E-state index in [2.05, 4.69) is 12.2 Å². The molecule has 4 heteroatoms. The van der Waals surface area contributed by atoms with E-state index in [0.717, 1.165) is 18.4 Å². The summed E-state index contributed by atoms with van der Waals surface area (Å²) in [6.45, 7) is 9.33. The molecule has 1 unspecified atom stereocenters. The number of hydrogen-bond acceptors (Lipinski definition) is 2. The Bertz CT molecular complexity index is 563. The van der Waals surface area contributed by atoms with Crippen molar-refractivity contribution in [2.75, 3.05) is 6.54 Å². The molecule has 23 heavy (non-hydrogen) atoms. The van der Waals surface area contributed by atoms with Gasteiger partial charge in [0.05, 0.1) is 5.92 Å². The maximum absolute atomic E-state index is 12.4. The molecule has 0 aliphatic carbocycles. The minimum Gasteiger partial charge on any atom is -0.351 e. The van der Waals surface area contributed by atoms with Crippen LogP contribution in [-0.4, -0.2) is 28.8 Å². The van der Waals surface area contributed by atoms with E-state index in [0.29, 0.717) is 19.5 Å². The molecule has 0 radical (unpaired) electrons. The zero-order valence-electron chi connectivity index (χ0n) is 14.7. The molecule has 1 heterocycles. The van der Waals surface area contributed by atoms with Gasteiger partial charge in [-0.05, 0) is 32.8 Å². The maximum Gasteiger partial charge on any atom is 0.225 e. The number of rotatable bonds is 6. The van der Waals surface area contributed by atoms with Gasteiger partial charge in [0.15, 0.2) is 0 Å². The molecule has 0 saturated carbocycles. The Hall–Kier alpha value is -1.84. The highest BCUT2D eigenvalue weighted by Crippen LogP contribution is 2.22. The first-order valence-electron chi connectivity index (χ1n) is 8.46. The fourth-order valence-electron chi connectivity index (χ4n) is 3.14. The molecule has 0 spiro atoms. The quantitative estimate of drug-likeness (QED) is 0.877. The molecule has 126 valence electrons. The average Bonchev–Trinajstić information content (AvgIpc) is 2.82. The van der Waals surface area contributed by atoms with Gasteiger partial charge in [-0.3, -0.25) is 9.59 Å². The number of likely N-dealkylation sites (tertiary alicyclic amines) is 1. The first kappa shape index (κ1) is 17.5. The molecule has 0 aromatic heterocycles. The summed E-state index contributed by atoms with van der Waals surface area (Å²) >= 11 is 0. The summed E-state index contributed by atoms with van der Waals surface area (Å²) in [6, 6.07) is 8.18. The lowest BCUT2D eigenvalue weighted by atomic mass is 9.97. The van der Waals surface area contributed by atoms with Crippen LogP contribution in [0.4, 0.5) is 0 Å². The number of carbonyl (C=O) groups is 2. The summed E-state index contributed by atoms with van der Waals surface area (Å²) in [6.07, 6.45) is 2.28. The molecule has 1 atom stereocenters. The predicted octanol–water partition coefficient (Wildman–Crippen LogP) is 3.04. The van der Waals surface area contributed by atoms with Crippen LogP contribution in [-0.2, 0) is 16.1 Å². The summed E-state index contributed by atoms with van der Waals surface area (Å²) in [4.78, 5) is 26.4. The third-order valence-electron chi connectivity index (χ3n) is 4.42. The fraction of sp³-hybridized carbons (Fsp3) is 0.579. The van der Waals surface area contributed by atoms with Crippen molar-refractivity contribution in [1.29, 1.82) is 0 Å². The fourth-order valence-corrected chi connectivity index (χ4v) is 3.14. The van der Waals surface area contributed by atoms with E-state index >= 15 is 0 Å². The molecule has 1 saturated heterocycles. The van der Waals surface area contributed by atoms with E-state index < -0.39 is 0 Å². The van der Waals surface area contributed by atoms with E-state index in [1.165, 1.54) is 5.56 Å². The summed E-state index contributed by atoms with van der Waals surface area (Å²) in [7, 11) is 0. The van der Waals surface area contributed by atoms with Crippen LogP contribution in [0.5, 0.6) is 0 Å². The van der Waals surface area contributed by atoms with Gasteiger partial charge < -0.3 is 10.2 Å². The number of aryl methyl sites for hydroxylation is 1. The van der Waals surface area contributed by atoms with E-state index in [9.17, 15) is 9.59 Å². The molecule has 2 amide bonds. The first-order valence-corrected chi connectivity index (χ1v) is 8.46. The van der Waals surface area contributed by atoms with Crippen molar-refractivity contribution >= 4 is 11.8 Å². The first-order chi connectivity index (χ1) is 10.8. The monoisotopic (exact) mass is 316 g/mol. The Morgan fingerprint density at radius 2 is 1.96 bits per heavy atom. The van der Waals surface area contributed by atoms with Crippen LogP contribution in [0.3, 0.4) is 0 Å². The number of carbonyl (C=O) groups excluding carboxylic acids is 2. The number of hydrogen-bond donors (Lipinski definition) is 1. The van der Waals surface area contributed by atoms with Crippen molar-refractivity contribution < 1.29 is 9.59 Å². The lowest BCUT2D eigenvalue weighted by molar-refractivity contribution is -0.129. The molecule has 0 bridgehead atoms. The molecule has 1 aromatic carbocycles. The Kier molecular flexibility index (Phi) is 5.45. The Balaban J connectivity index is 1.94. The number of benzene rings is 1. The van der Waals surface area contributed by atoms with E-state index in [4.69, 9.17) is 0 Å². The zero-order chi connectivity index (χ0) is 17.0. The predicted molar refractivity (Wildman–Crippen MR) is 91.8 cm³/mol. The molecular weight excluding hydrogens is 288 g/mol. The summed E-state index contributed by atoms with van der Waals surface area (Å²) in [5, 5.41) is 3.09. The molecule has 2 rings (SSSR count). The van der Waals surface area contributed by atoms with Crippen molar-refractivity contribution in [2.45, 2.75) is 59.0 Å². The van der Waals surface area contributed by atoms with Crippen LogP contribution in [0.2, 0.25) is 0 Å². The normalized spacial score (nSPS) is 18.3. The van der Waals surface area contributed by atoms with Crippen molar-refractivity contribution in [1.82, 2.24) is 10.2 Å². The lowest BCUT2D eigenvalue weighted by Gasteiger charge is -2.27. The lowest BCUT2D eigenvalue weighted by Crippen LogP contribution is -2.46. The topological polar surface area (TPSA) is 49.4 Å². The number of amides is 2. The smallest absolute Gasteiger partial charge is 0.225 e. The van der Waals surface area contributed by atoms with Crippen LogP contribution in [0.15, 0.2) is 24.3 Å². The molecule has 1 aliphatic rings. The van der Waals surface area contributed by atoms with Crippen molar-refractivity contribution in [3.8, 4) is 0 Å². The van der Waals surface area contributed by atoms with Gasteiger partial charge in [-0.1, -0.05) is 43.2 Å². The van der Waals surface area contributed by atoms with E-state index in [1.54, 1.807) is 4.90 Å². The SMILES string of the molecule is CCCC(C)(C)NC(=O)C1CC(=O)N(Cc2ccc(C)cc2)C1. The maximum atomic E-state index is 12.4. The van der Waals surface area contributed by atoms with Gasteiger partial charge in [-0.25, -0.2) is 0 Å². The van der Waals surface area contributed by atoms with Crippen LogP contribution < -0.4 is 5.32 Å². The molecule has 1 N–H and O–H groups in total. The standard InChI is InChI=1S/C19H28N2O2/c1-5-10-19(3,4)20-18(23)16-11-17(22)21(13-16)12-15-8-6-14(2)7-9-15/h6-9,16H,5,10-13H2,1-4H3,(H,20,23). The van der Waals surface area contributed by atoms with Gasteiger partial charge in [0.1, 0.15) is 0 Å². The van der Waals surface area contributed by atoms with Crippen molar-refractivity contribution in [2.24, 2.45) is 5.92 Å². The Morgan fingerprint density at radius 3 is 2.57 bits per heavy atom. The molecule has 1 fully saturated rings. The van der Waals surface area contributed by atoms with Crippen LogP contribution in [0, 0.1) is 12.8 Å². The van der Waals surface area contributed by atoms with Gasteiger partial charge in [0.2, 0.25) is 11.8 Å². The van der Waals surface area contributed by atoms with Crippen LogP contribution in [0.1, 0.15) is 51.2 Å². The molecule has 4 nitrogen and oxygen atoms in total. The Morgan fingerprint density at radius 1 is 1.30 bits per heavy atom. The van der Waals surface area contributed by atoms with Gasteiger partial charge in [0.25, 0.3) is 0 Å². The second-order valence-corrected chi connectivity index (χ2v) is 7.28. The second kappa shape index (κ2) is 7.16. The minimum atomic E-state index is -0.232. The molecule has 1 aliphatic heterocycles. The van der Waals surface area contributed by atoms with Gasteiger partial charge in [-0.2, -0.15) is 0 Å². The summed E-state index contributed by atoms with van der Waals surface area (Å²) in [5.74, 6) is -0.161. The third kappa shape index (κ3) is 4.81.